The largest absolute Gasteiger partial charge is 0.350 e. The number of nitrogens with zero attached hydrogens (tertiary/aromatic N) is 1. The Balaban J connectivity index is 2.34. The number of carbonyl (C=O) groups is 2. The summed E-state index contributed by atoms with van der Waals surface area (Å²) in [5.41, 5.74) is 3.92. The van der Waals surface area contributed by atoms with Gasteiger partial charge in [-0.25, -0.2) is 0 Å². The molecule has 0 fully saturated rings. The van der Waals surface area contributed by atoms with Crippen LogP contribution in [-0.4, -0.2) is 28.3 Å². The van der Waals surface area contributed by atoms with Gasteiger partial charge in [-0.05, 0) is 57.7 Å². The third-order valence-corrected chi connectivity index (χ3v) is 4.92. The molecule has 29 heavy (non-hydrogen) atoms. The first kappa shape index (κ1) is 22.7. The van der Waals surface area contributed by atoms with E-state index in [1.165, 1.54) is 0 Å². The molecule has 1 N–H and O–H groups in total. The van der Waals surface area contributed by atoms with Gasteiger partial charge in [-0.2, -0.15) is 0 Å². The Hall–Kier alpha value is -2.62. The molecule has 0 unspecified atom stereocenters. The predicted octanol–water partition coefficient (Wildman–Crippen LogP) is 4.57. The summed E-state index contributed by atoms with van der Waals surface area (Å²) in [5.74, 6) is -0.138. The Labute approximate surface area is 175 Å². The molecule has 2 amide bonds. The maximum atomic E-state index is 13.4. The molecule has 156 valence electrons. The molecule has 0 radical (unpaired) electrons. The standard InChI is InChI=1S/C25H34N2O2/c1-7-22(24(29)26-25(4,5)6)27(17-21-14-9-8-12-19(21)3)23(28)16-20-13-10-11-18(2)15-20/h8-15,22H,7,16-17H2,1-6H3,(H,26,29)/t22-/m1/s1. The highest BCUT2D eigenvalue weighted by molar-refractivity contribution is 5.88. The van der Waals surface area contributed by atoms with Crippen molar-refractivity contribution in [1.82, 2.24) is 10.2 Å². The van der Waals surface area contributed by atoms with Crippen LogP contribution in [0.5, 0.6) is 0 Å². The van der Waals surface area contributed by atoms with Gasteiger partial charge in [0.1, 0.15) is 6.04 Å². The molecule has 0 heterocycles. The average molecular weight is 395 g/mol. The quantitative estimate of drug-likeness (QED) is 0.748. The summed E-state index contributed by atoms with van der Waals surface area (Å²) in [5, 5.41) is 3.05. The van der Waals surface area contributed by atoms with E-state index in [1.54, 1.807) is 4.90 Å². The number of amides is 2. The molecule has 4 heteroatoms. The van der Waals surface area contributed by atoms with Gasteiger partial charge in [0, 0.05) is 12.1 Å². The van der Waals surface area contributed by atoms with Crippen LogP contribution in [-0.2, 0) is 22.6 Å². The highest BCUT2D eigenvalue weighted by atomic mass is 16.2. The summed E-state index contributed by atoms with van der Waals surface area (Å²) < 4.78 is 0. The van der Waals surface area contributed by atoms with E-state index >= 15 is 0 Å². The SMILES string of the molecule is CC[C@H](C(=O)NC(C)(C)C)N(Cc1ccccc1C)C(=O)Cc1cccc(C)c1. The van der Waals surface area contributed by atoms with Gasteiger partial charge in [0.05, 0.1) is 6.42 Å². The Bertz CT molecular complexity index is 852. The summed E-state index contributed by atoms with van der Waals surface area (Å²) in [6.45, 7) is 12.3. The van der Waals surface area contributed by atoms with Gasteiger partial charge in [-0.1, -0.05) is 61.0 Å². The lowest BCUT2D eigenvalue weighted by Gasteiger charge is -2.33. The highest BCUT2D eigenvalue weighted by Gasteiger charge is 2.30. The fraction of sp³-hybridized carbons (Fsp3) is 0.440. The lowest BCUT2D eigenvalue weighted by atomic mass is 10.0. The van der Waals surface area contributed by atoms with Crippen LogP contribution < -0.4 is 5.32 Å². The number of aryl methyl sites for hydroxylation is 2. The van der Waals surface area contributed by atoms with E-state index in [9.17, 15) is 9.59 Å². The van der Waals surface area contributed by atoms with Crippen molar-refractivity contribution in [2.75, 3.05) is 0 Å². The highest BCUT2D eigenvalue weighted by Crippen LogP contribution is 2.18. The minimum absolute atomic E-state index is 0.0326. The molecule has 1 atom stereocenters. The van der Waals surface area contributed by atoms with Gasteiger partial charge < -0.3 is 10.2 Å². The second-order valence-corrected chi connectivity index (χ2v) is 8.78. The van der Waals surface area contributed by atoms with Crippen LogP contribution in [0.25, 0.3) is 0 Å². The molecule has 2 aromatic carbocycles. The Morgan fingerprint density at radius 2 is 1.72 bits per heavy atom. The minimum Gasteiger partial charge on any atom is -0.350 e. The Kier molecular flexibility index (Phi) is 7.60. The van der Waals surface area contributed by atoms with Crippen LogP contribution in [0.4, 0.5) is 0 Å². The molecule has 2 aromatic rings. The van der Waals surface area contributed by atoms with Crippen LogP contribution in [0.3, 0.4) is 0 Å². The monoisotopic (exact) mass is 394 g/mol. The van der Waals surface area contributed by atoms with Crippen LogP contribution in [0.15, 0.2) is 48.5 Å². The predicted molar refractivity (Wildman–Crippen MR) is 119 cm³/mol. The maximum absolute atomic E-state index is 13.4. The van der Waals surface area contributed by atoms with Crippen molar-refractivity contribution in [3.8, 4) is 0 Å². The van der Waals surface area contributed by atoms with E-state index in [4.69, 9.17) is 0 Å². The molecule has 2 rings (SSSR count). The molecule has 4 nitrogen and oxygen atoms in total. The van der Waals surface area contributed by atoms with Gasteiger partial charge in [0.25, 0.3) is 0 Å². The zero-order valence-corrected chi connectivity index (χ0v) is 18.6. The second kappa shape index (κ2) is 9.73. The number of benzene rings is 2. The summed E-state index contributed by atoms with van der Waals surface area (Å²) >= 11 is 0. The van der Waals surface area contributed by atoms with Crippen molar-refractivity contribution >= 4 is 11.8 Å². The van der Waals surface area contributed by atoms with Crippen molar-refractivity contribution in [2.24, 2.45) is 0 Å². The summed E-state index contributed by atoms with van der Waals surface area (Å²) in [6, 6.07) is 15.5. The molecular formula is C25H34N2O2. The molecule has 0 saturated carbocycles. The number of hydrogen-bond acceptors (Lipinski definition) is 2. The third-order valence-electron chi connectivity index (χ3n) is 4.92. The molecule has 0 saturated heterocycles. The lowest BCUT2D eigenvalue weighted by Crippen LogP contribution is -2.53. The molecule has 0 aromatic heterocycles. The molecule has 0 bridgehead atoms. The van der Waals surface area contributed by atoms with Gasteiger partial charge in [0.15, 0.2) is 0 Å². The van der Waals surface area contributed by atoms with Crippen LogP contribution in [0.1, 0.15) is 56.4 Å². The summed E-state index contributed by atoms with van der Waals surface area (Å²) in [7, 11) is 0. The maximum Gasteiger partial charge on any atom is 0.243 e. The lowest BCUT2D eigenvalue weighted by molar-refractivity contribution is -0.141. The van der Waals surface area contributed by atoms with E-state index in [0.717, 1.165) is 22.3 Å². The van der Waals surface area contributed by atoms with Gasteiger partial charge in [0.2, 0.25) is 11.8 Å². The molecule has 0 aliphatic rings. The molecule has 0 aliphatic carbocycles. The molecule has 0 aliphatic heterocycles. The van der Waals surface area contributed by atoms with Crippen molar-refractivity contribution in [3.63, 3.8) is 0 Å². The summed E-state index contributed by atoms with van der Waals surface area (Å²) in [4.78, 5) is 28.1. The Morgan fingerprint density at radius 1 is 1.03 bits per heavy atom. The number of carbonyl (C=O) groups excluding carboxylic acids is 2. The fourth-order valence-corrected chi connectivity index (χ4v) is 3.44. The normalized spacial score (nSPS) is 12.3. The molecule has 0 spiro atoms. The van der Waals surface area contributed by atoms with E-state index < -0.39 is 6.04 Å². The van der Waals surface area contributed by atoms with E-state index in [-0.39, 0.29) is 23.8 Å². The van der Waals surface area contributed by atoms with Crippen molar-refractivity contribution < 1.29 is 9.59 Å². The van der Waals surface area contributed by atoms with Crippen LogP contribution >= 0.6 is 0 Å². The van der Waals surface area contributed by atoms with Gasteiger partial charge >= 0.3 is 0 Å². The number of hydrogen-bond donors (Lipinski definition) is 1. The van der Waals surface area contributed by atoms with E-state index in [1.807, 2.05) is 90.1 Å². The third kappa shape index (κ3) is 6.74. The Morgan fingerprint density at radius 3 is 2.31 bits per heavy atom. The smallest absolute Gasteiger partial charge is 0.243 e. The van der Waals surface area contributed by atoms with Crippen molar-refractivity contribution in [1.29, 1.82) is 0 Å². The van der Waals surface area contributed by atoms with Crippen molar-refractivity contribution in [3.05, 3.63) is 70.8 Å². The first-order chi connectivity index (χ1) is 13.6. The van der Waals surface area contributed by atoms with Crippen LogP contribution in [0, 0.1) is 13.8 Å². The fourth-order valence-electron chi connectivity index (χ4n) is 3.44. The second-order valence-electron chi connectivity index (χ2n) is 8.78. The zero-order chi connectivity index (χ0) is 21.6. The topological polar surface area (TPSA) is 49.4 Å². The molecular weight excluding hydrogens is 360 g/mol. The van der Waals surface area contributed by atoms with Gasteiger partial charge in [-0.3, -0.25) is 9.59 Å². The van der Waals surface area contributed by atoms with Crippen LogP contribution in [0.2, 0.25) is 0 Å². The minimum atomic E-state index is -0.508. The zero-order valence-electron chi connectivity index (χ0n) is 18.6. The first-order valence-corrected chi connectivity index (χ1v) is 10.3. The summed E-state index contributed by atoms with van der Waals surface area (Å²) in [6.07, 6.45) is 0.847. The van der Waals surface area contributed by atoms with Gasteiger partial charge in [-0.15, -0.1) is 0 Å². The number of rotatable bonds is 7. The van der Waals surface area contributed by atoms with E-state index in [2.05, 4.69) is 5.32 Å². The van der Waals surface area contributed by atoms with Crippen molar-refractivity contribution in [2.45, 2.75) is 72.5 Å². The first-order valence-electron chi connectivity index (χ1n) is 10.3. The van der Waals surface area contributed by atoms with E-state index in [0.29, 0.717) is 13.0 Å². The number of nitrogens with one attached hydrogen (secondary N) is 1. The average Bonchev–Trinajstić information content (AvgIpc) is 2.61.